The highest BCUT2D eigenvalue weighted by Gasteiger charge is 2.38. The Morgan fingerprint density at radius 1 is 1.12 bits per heavy atom. The quantitative estimate of drug-likeness (QED) is 0.748. The summed E-state index contributed by atoms with van der Waals surface area (Å²) in [6.45, 7) is 0. The summed E-state index contributed by atoms with van der Waals surface area (Å²) < 4.78 is 0. The minimum atomic E-state index is -0.266. The average molecular weight is 229 g/mol. The first-order valence-corrected chi connectivity index (χ1v) is 5.27. The maximum Gasteiger partial charge on any atom is 0.277 e. The molecule has 1 aromatic heterocycles. The Hall–Kier alpha value is -2.14. The van der Waals surface area contributed by atoms with E-state index in [0.29, 0.717) is 11.1 Å². The number of benzene rings is 1. The Kier molecular flexibility index (Phi) is 1.88. The zero-order valence-electron chi connectivity index (χ0n) is 9.52. The highest BCUT2D eigenvalue weighted by Crippen LogP contribution is 2.29. The van der Waals surface area contributed by atoms with Crippen LogP contribution in [-0.2, 0) is 0 Å². The number of hydrogen-bond donors (Lipinski definition) is 1. The van der Waals surface area contributed by atoms with Crippen molar-refractivity contribution in [2.24, 2.45) is 0 Å². The van der Waals surface area contributed by atoms with Crippen molar-refractivity contribution in [3.63, 3.8) is 0 Å². The first-order valence-electron chi connectivity index (χ1n) is 5.27. The fourth-order valence-corrected chi connectivity index (χ4v) is 2.22. The lowest BCUT2D eigenvalue weighted by atomic mass is 10.1. The summed E-state index contributed by atoms with van der Waals surface area (Å²) in [5.41, 5.74) is 1.82. The molecule has 0 unspecified atom stereocenters. The van der Waals surface area contributed by atoms with Crippen molar-refractivity contribution in [2.45, 2.75) is 0 Å². The fraction of sp³-hybridized carbons (Fsp3) is 0.167. The topological polar surface area (TPSA) is 56.4 Å². The summed E-state index contributed by atoms with van der Waals surface area (Å²) in [5, 5.41) is 3.45. The van der Waals surface area contributed by atoms with E-state index in [1.54, 1.807) is 26.4 Å². The molecular formula is C12H11N3O2. The molecule has 1 aromatic carbocycles. The molecule has 2 heterocycles. The van der Waals surface area contributed by atoms with Gasteiger partial charge < -0.3 is 4.98 Å². The van der Waals surface area contributed by atoms with Crippen LogP contribution in [-0.4, -0.2) is 40.9 Å². The SMILES string of the molecule is CN(C)N1C(=O)c2ccc3[nH]ccc3c2C1=O. The molecule has 3 rings (SSSR count). The summed E-state index contributed by atoms with van der Waals surface area (Å²) >= 11 is 0. The van der Waals surface area contributed by atoms with Crippen molar-refractivity contribution in [3.8, 4) is 0 Å². The standard InChI is InChI=1S/C12H11N3O2/c1-14(2)15-11(16)8-3-4-9-7(5-6-13-9)10(8)12(15)17/h3-6,13H,1-2H3. The molecule has 5 nitrogen and oxygen atoms in total. The number of H-pyrrole nitrogens is 1. The van der Waals surface area contributed by atoms with Gasteiger partial charge in [-0.15, -0.1) is 0 Å². The minimum absolute atomic E-state index is 0.264. The van der Waals surface area contributed by atoms with Crippen LogP contribution in [0, 0.1) is 0 Å². The Labute approximate surface area is 97.6 Å². The zero-order valence-corrected chi connectivity index (χ0v) is 9.52. The normalized spacial score (nSPS) is 15.1. The van der Waals surface area contributed by atoms with Crippen molar-refractivity contribution in [2.75, 3.05) is 14.1 Å². The number of imide groups is 1. The van der Waals surface area contributed by atoms with Gasteiger partial charge in [0, 0.05) is 31.2 Å². The third kappa shape index (κ3) is 1.17. The van der Waals surface area contributed by atoms with Crippen molar-refractivity contribution in [1.29, 1.82) is 0 Å². The lowest BCUT2D eigenvalue weighted by Crippen LogP contribution is -2.41. The van der Waals surface area contributed by atoms with Gasteiger partial charge in [0.2, 0.25) is 0 Å². The Morgan fingerprint density at radius 2 is 1.88 bits per heavy atom. The molecule has 0 atom stereocenters. The van der Waals surface area contributed by atoms with Crippen LogP contribution in [0.4, 0.5) is 0 Å². The van der Waals surface area contributed by atoms with Crippen LogP contribution in [0.3, 0.4) is 0 Å². The Balaban J connectivity index is 2.31. The van der Waals surface area contributed by atoms with E-state index in [4.69, 9.17) is 0 Å². The van der Waals surface area contributed by atoms with Crippen LogP contribution in [0.2, 0.25) is 0 Å². The molecule has 86 valence electrons. The number of nitrogens with zero attached hydrogens (tertiary/aromatic N) is 2. The molecular weight excluding hydrogens is 218 g/mol. The predicted molar refractivity (Wildman–Crippen MR) is 62.5 cm³/mol. The van der Waals surface area contributed by atoms with E-state index >= 15 is 0 Å². The molecule has 1 N–H and O–H groups in total. The Bertz CT molecular complexity index is 642. The van der Waals surface area contributed by atoms with E-state index in [-0.39, 0.29) is 11.8 Å². The average Bonchev–Trinajstić information content (AvgIpc) is 2.82. The molecule has 0 bridgehead atoms. The van der Waals surface area contributed by atoms with E-state index in [0.717, 1.165) is 15.9 Å². The number of hydrazine groups is 1. The van der Waals surface area contributed by atoms with Gasteiger partial charge in [-0.3, -0.25) is 9.59 Å². The highest BCUT2D eigenvalue weighted by atomic mass is 16.2. The molecule has 5 heteroatoms. The molecule has 0 saturated heterocycles. The molecule has 1 aliphatic heterocycles. The van der Waals surface area contributed by atoms with Crippen LogP contribution in [0.25, 0.3) is 10.9 Å². The van der Waals surface area contributed by atoms with Gasteiger partial charge >= 0.3 is 0 Å². The van der Waals surface area contributed by atoms with Gasteiger partial charge in [0.15, 0.2) is 0 Å². The van der Waals surface area contributed by atoms with Crippen LogP contribution in [0.15, 0.2) is 24.4 Å². The number of hydrogen-bond acceptors (Lipinski definition) is 3. The Morgan fingerprint density at radius 3 is 2.59 bits per heavy atom. The van der Waals surface area contributed by atoms with Gasteiger partial charge in [0.25, 0.3) is 11.8 Å². The minimum Gasteiger partial charge on any atom is -0.361 e. The van der Waals surface area contributed by atoms with Gasteiger partial charge in [-0.2, -0.15) is 0 Å². The number of carbonyl (C=O) groups excluding carboxylic acids is 2. The van der Waals surface area contributed by atoms with E-state index < -0.39 is 0 Å². The summed E-state index contributed by atoms with van der Waals surface area (Å²) in [6.07, 6.45) is 1.76. The van der Waals surface area contributed by atoms with E-state index in [9.17, 15) is 9.59 Å². The van der Waals surface area contributed by atoms with Gasteiger partial charge in [-0.05, 0) is 18.2 Å². The fourth-order valence-electron chi connectivity index (χ4n) is 2.22. The van der Waals surface area contributed by atoms with Gasteiger partial charge in [0.1, 0.15) is 0 Å². The molecule has 0 spiro atoms. The number of nitrogens with one attached hydrogen (secondary N) is 1. The number of fused-ring (bicyclic) bond motifs is 3. The molecule has 0 fully saturated rings. The third-order valence-electron chi connectivity index (χ3n) is 2.96. The molecule has 0 saturated carbocycles. The summed E-state index contributed by atoms with van der Waals surface area (Å²) in [7, 11) is 3.35. The number of carbonyl (C=O) groups is 2. The van der Waals surface area contributed by atoms with E-state index in [1.165, 1.54) is 5.01 Å². The van der Waals surface area contributed by atoms with E-state index in [1.807, 2.05) is 12.1 Å². The first-order chi connectivity index (χ1) is 8.11. The molecule has 17 heavy (non-hydrogen) atoms. The predicted octanol–water partition coefficient (Wildman–Crippen LogP) is 1.24. The van der Waals surface area contributed by atoms with Crippen molar-refractivity contribution in [3.05, 3.63) is 35.5 Å². The van der Waals surface area contributed by atoms with Gasteiger partial charge in [0.05, 0.1) is 11.1 Å². The molecule has 0 aliphatic carbocycles. The van der Waals surface area contributed by atoms with Crippen LogP contribution in [0.1, 0.15) is 20.7 Å². The monoisotopic (exact) mass is 229 g/mol. The molecule has 2 amide bonds. The maximum absolute atomic E-state index is 12.2. The van der Waals surface area contributed by atoms with Crippen LogP contribution >= 0.6 is 0 Å². The second-order valence-electron chi connectivity index (χ2n) is 4.20. The molecule has 2 aromatic rings. The smallest absolute Gasteiger partial charge is 0.277 e. The van der Waals surface area contributed by atoms with Crippen molar-refractivity contribution in [1.82, 2.24) is 15.0 Å². The summed E-state index contributed by atoms with van der Waals surface area (Å²) in [4.78, 5) is 27.3. The maximum atomic E-state index is 12.2. The van der Waals surface area contributed by atoms with Crippen LogP contribution < -0.4 is 0 Å². The van der Waals surface area contributed by atoms with Crippen molar-refractivity contribution >= 4 is 22.7 Å². The van der Waals surface area contributed by atoms with E-state index in [2.05, 4.69) is 4.98 Å². The number of amides is 2. The lowest BCUT2D eigenvalue weighted by molar-refractivity contribution is 0.0235. The number of rotatable bonds is 1. The number of aromatic nitrogens is 1. The largest absolute Gasteiger partial charge is 0.361 e. The summed E-state index contributed by atoms with van der Waals surface area (Å²) in [6, 6.07) is 5.33. The third-order valence-corrected chi connectivity index (χ3v) is 2.96. The second-order valence-corrected chi connectivity index (χ2v) is 4.20. The zero-order chi connectivity index (χ0) is 12.2. The second kappa shape index (κ2) is 3.18. The summed E-state index contributed by atoms with van der Waals surface area (Å²) in [5.74, 6) is -0.529. The van der Waals surface area contributed by atoms with Gasteiger partial charge in [-0.25, -0.2) is 10.0 Å². The molecule has 0 radical (unpaired) electrons. The molecule has 1 aliphatic rings. The highest BCUT2D eigenvalue weighted by molar-refractivity contribution is 6.25. The lowest BCUT2D eigenvalue weighted by Gasteiger charge is -2.20. The number of aromatic amines is 1. The van der Waals surface area contributed by atoms with Crippen LogP contribution in [0.5, 0.6) is 0 Å². The van der Waals surface area contributed by atoms with Crippen molar-refractivity contribution < 1.29 is 9.59 Å². The van der Waals surface area contributed by atoms with Gasteiger partial charge in [-0.1, -0.05) is 0 Å². The first kappa shape index (κ1) is 10.0.